The second-order valence-electron chi connectivity index (χ2n) is 4.33. The second-order valence-corrected chi connectivity index (χ2v) is 4.33. The summed E-state index contributed by atoms with van der Waals surface area (Å²) in [5.41, 5.74) is 0.335. The number of ether oxygens (including phenoxy) is 1. The molecule has 0 unspecified atom stereocenters. The average Bonchev–Trinajstić information content (AvgIpc) is 2.49. The summed E-state index contributed by atoms with van der Waals surface area (Å²) in [5.74, 6) is -1.28. The Labute approximate surface area is 128 Å². The third kappa shape index (κ3) is 4.94. The second kappa shape index (κ2) is 8.46. The predicted octanol–water partition coefficient (Wildman–Crippen LogP) is 3.48. The molecule has 0 aliphatic carbocycles. The number of carboxylic acids is 2. The summed E-state index contributed by atoms with van der Waals surface area (Å²) in [6.07, 6.45) is 0. The summed E-state index contributed by atoms with van der Waals surface area (Å²) in [7, 11) is 0. The van der Waals surface area contributed by atoms with Crippen LogP contribution in [0.25, 0.3) is 0 Å². The van der Waals surface area contributed by atoms with Crippen LogP contribution in [-0.2, 0) is 0 Å². The summed E-state index contributed by atoms with van der Waals surface area (Å²) in [6.45, 7) is 4.20. The van der Waals surface area contributed by atoms with Gasteiger partial charge in [0.25, 0.3) is 0 Å². The first-order valence-electron chi connectivity index (χ1n) is 6.71. The highest BCUT2D eigenvalue weighted by Gasteiger charge is 2.13. The standard InChI is InChI=1S/C9H8O4.C8H10O/c1-5-6(8(10)11)3-2-4-7(5)9(12)13;1-2-9-8-6-4-3-5-7-8/h2-4H,1H3,(H,10,11)(H,12,13);3-7H,2H2,1H3. The lowest BCUT2D eigenvalue weighted by atomic mass is 10.0. The molecule has 0 bridgehead atoms. The van der Waals surface area contributed by atoms with Crippen molar-refractivity contribution in [2.24, 2.45) is 0 Å². The van der Waals surface area contributed by atoms with Crippen molar-refractivity contribution in [3.8, 4) is 5.75 Å². The monoisotopic (exact) mass is 302 g/mol. The molecule has 0 radical (unpaired) electrons. The van der Waals surface area contributed by atoms with Crippen molar-refractivity contribution in [2.45, 2.75) is 13.8 Å². The molecule has 0 fully saturated rings. The van der Waals surface area contributed by atoms with Gasteiger partial charge in [0, 0.05) is 0 Å². The molecular weight excluding hydrogens is 284 g/mol. The number of para-hydroxylation sites is 1. The van der Waals surface area contributed by atoms with Crippen LogP contribution < -0.4 is 4.74 Å². The van der Waals surface area contributed by atoms with Crippen molar-refractivity contribution < 1.29 is 24.5 Å². The van der Waals surface area contributed by atoms with E-state index < -0.39 is 11.9 Å². The number of hydrogen-bond donors (Lipinski definition) is 2. The smallest absolute Gasteiger partial charge is 0.335 e. The highest BCUT2D eigenvalue weighted by Crippen LogP contribution is 2.13. The zero-order valence-corrected chi connectivity index (χ0v) is 12.4. The van der Waals surface area contributed by atoms with Crippen LogP contribution in [0, 0.1) is 6.92 Å². The van der Waals surface area contributed by atoms with Gasteiger partial charge < -0.3 is 14.9 Å². The fourth-order valence-electron chi connectivity index (χ4n) is 1.78. The van der Waals surface area contributed by atoms with Crippen LogP contribution in [0.15, 0.2) is 48.5 Å². The van der Waals surface area contributed by atoms with Crippen molar-refractivity contribution in [2.75, 3.05) is 6.61 Å². The molecule has 0 saturated carbocycles. The SMILES string of the molecule is CCOc1ccccc1.Cc1c(C(=O)O)cccc1C(=O)O. The van der Waals surface area contributed by atoms with E-state index in [0.717, 1.165) is 12.4 Å². The van der Waals surface area contributed by atoms with E-state index in [-0.39, 0.29) is 16.7 Å². The molecule has 0 atom stereocenters. The van der Waals surface area contributed by atoms with Crippen LogP contribution in [0.2, 0.25) is 0 Å². The normalized spacial score (nSPS) is 9.36. The molecule has 22 heavy (non-hydrogen) atoms. The lowest BCUT2D eigenvalue weighted by molar-refractivity contribution is 0.0696. The Kier molecular flexibility index (Phi) is 6.63. The van der Waals surface area contributed by atoms with E-state index in [1.165, 1.54) is 25.1 Å². The molecule has 0 heterocycles. The molecule has 0 aromatic heterocycles. The lowest BCUT2D eigenvalue weighted by Gasteiger charge is -2.03. The van der Waals surface area contributed by atoms with Crippen LogP contribution in [0.5, 0.6) is 5.75 Å². The minimum Gasteiger partial charge on any atom is -0.494 e. The van der Waals surface area contributed by atoms with Gasteiger partial charge in [-0.2, -0.15) is 0 Å². The molecule has 2 N–H and O–H groups in total. The van der Waals surface area contributed by atoms with Crippen LogP contribution in [0.4, 0.5) is 0 Å². The van der Waals surface area contributed by atoms with Gasteiger partial charge in [-0.3, -0.25) is 0 Å². The Morgan fingerprint density at radius 2 is 1.41 bits per heavy atom. The Morgan fingerprint density at radius 1 is 0.909 bits per heavy atom. The maximum Gasteiger partial charge on any atom is 0.335 e. The fourth-order valence-corrected chi connectivity index (χ4v) is 1.78. The highest BCUT2D eigenvalue weighted by atomic mass is 16.5. The summed E-state index contributed by atoms with van der Waals surface area (Å²) < 4.78 is 5.21. The van der Waals surface area contributed by atoms with Gasteiger partial charge in [-0.15, -0.1) is 0 Å². The maximum absolute atomic E-state index is 10.6. The van der Waals surface area contributed by atoms with E-state index in [1.54, 1.807) is 0 Å². The third-order valence-electron chi connectivity index (χ3n) is 2.85. The van der Waals surface area contributed by atoms with E-state index in [0.29, 0.717) is 0 Å². The van der Waals surface area contributed by atoms with Crippen LogP contribution in [-0.4, -0.2) is 28.8 Å². The minimum absolute atomic E-state index is 0.0277. The summed E-state index contributed by atoms with van der Waals surface area (Å²) in [4.78, 5) is 21.2. The Hall–Kier alpha value is -2.82. The molecule has 0 spiro atoms. The van der Waals surface area contributed by atoms with Crippen molar-refractivity contribution in [3.63, 3.8) is 0 Å². The minimum atomic E-state index is -1.11. The molecule has 0 amide bonds. The molecule has 116 valence electrons. The van der Waals surface area contributed by atoms with Crippen molar-refractivity contribution in [3.05, 3.63) is 65.2 Å². The van der Waals surface area contributed by atoms with E-state index in [9.17, 15) is 9.59 Å². The largest absolute Gasteiger partial charge is 0.494 e. The topological polar surface area (TPSA) is 83.8 Å². The van der Waals surface area contributed by atoms with Gasteiger partial charge in [-0.05, 0) is 43.7 Å². The summed E-state index contributed by atoms with van der Waals surface area (Å²) >= 11 is 0. The fraction of sp³-hybridized carbons (Fsp3) is 0.176. The van der Waals surface area contributed by atoms with E-state index in [1.807, 2.05) is 37.3 Å². The summed E-state index contributed by atoms with van der Waals surface area (Å²) in [6, 6.07) is 14.0. The van der Waals surface area contributed by atoms with Crippen molar-refractivity contribution in [1.29, 1.82) is 0 Å². The van der Waals surface area contributed by atoms with E-state index in [4.69, 9.17) is 14.9 Å². The summed E-state index contributed by atoms with van der Waals surface area (Å²) in [5, 5.41) is 17.4. The number of carboxylic acid groups (broad SMARTS) is 2. The number of carbonyl (C=O) groups is 2. The number of hydrogen-bond acceptors (Lipinski definition) is 3. The van der Waals surface area contributed by atoms with Crippen molar-refractivity contribution >= 4 is 11.9 Å². The molecular formula is C17H18O5. The lowest BCUT2D eigenvalue weighted by Crippen LogP contribution is -2.06. The molecule has 5 heteroatoms. The van der Waals surface area contributed by atoms with Crippen LogP contribution in [0.1, 0.15) is 33.2 Å². The molecule has 2 aromatic carbocycles. The quantitative estimate of drug-likeness (QED) is 0.903. The number of aromatic carboxylic acids is 2. The number of benzene rings is 2. The van der Waals surface area contributed by atoms with Gasteiger partial charge in [0.2, 0.25) is 0 Å². The molecule has 5 nitrogen and oxygen atoms in total. The Balaban J connectivity index is 0.000000235. The van der Waals surface area contributed by atoms with Gasteiger partial charge in [0.15, 0.2) is 0 Å². The predicted molar refractivity (Wildman–Crippen MR) is 82.7 cm³/mol. The van der Waals surface area contributed by atoms with Gasteiger partial charge in [0.05, 0.1) is 17.7 Å². The first-order chi connectivity index (χ1) is 10.5. The first kappa shape index (κ1) is 17.2. The maximum atomic E-state index is 10.6. The van der Waals surface area contributed by atoms with Gasteiger partial charge in [-0.1, -0.05) is 24.3 Å². The van der Waals surface area contributed by atoms with Crippen molar-refractivity contribution in [1.82, 2.24) is 0 Å². The molecule has 2 rings (SSSR count). The molecule has 0 saturated heterocycles. The van der Waals surface area contributed by atoms with Gasteiger partial charge in [-0.25, -0.2) is 9.59 Å². The molecule has 0 aliphatic heterocycles. The van der Waals surface area contributed by atoms with Gasteiger partial charge in [0.1, 0.15) is 5.75 Å². The highest BCUT2D eigenvalue weighted by molar-refractivity contribution is 5.96. The van der Waals surface area contributed by atoms with E-state index >= 15 is 0 Å². The number of rotatable bonds is 4. The molecule has 2 aromatic rings. The zero-order chi connectivity index (χ0) is 16.5. The third-order valence-corrected chi connectivity index (χ3v) is 2.85. The Bertz CT molecular complexity index is 603. The molecule has 0 aliphatic rings. The Morgan fingerprint density at radius 3 is 1.82 bits per heavy atom. The first-order valence-corrected chi connectivity index (χ1v) is 6.71. The van der Waals surface area contributed by atoms with Crippen LogP contribution >= 0.6 is 0 Å². The van der Waals surface area contributed by atoms with Gasteiger partial charge >= 0.3 is 11.9 Å². The average molecular weight is 302 g/mol. The van der Waals surface area contributed by atoms with Crippen LogP contribution in [0.3, 0.4) is 0 Å². The zero-order valence-electron chi connectivity index (χ0n) is 12.4. The van der Waals surface area contributed by atoms with E-state index in [2.05, 4.69) is 0 Å².